The third-order valence-electron chi connectivity index (χ3n) is 2.51. The first-order chi connectivity index (χ1) is 8.58. The van der Waals surface area contributed by atoms with Crippen LogP contribution in [0.3, 0.4) is 0 Å². The average Bonchev–Trinajstić information content (AvgIpc) is 2.72. The van der Waals surface area contributed by atoms with Crippen LogP contribution in [0.1, 0.15) is 27.6 Å². The second-order valence-electron chi connectivity index (χ2n) is 3.95. The molecule has 0 saturated carbocycles. The highest BCUT2D eigenvalue weighted by atomic mass is 16.5. The van der Waals surface area contributed by atoms with Gasteiger partial charge in [0.25, 0.3) is 5.91 Å². The van der Waals surface area contributed by atoms with Crippen LogP contribution in [0.25, 0.3) is 0 Å². The Kier molecular flexibility index (Phi) is 3.27. The number of hydrogen-bond acceptors (Lipinski definition) is 5. The minimum atomic E-state index is -0.243. The number of aromatic nitrogens is 2. The van der Waals surface area contributed by atoms with Crippen molar-refractivity contribution in [1.82, 2.24) is 15.5 Å². The van der Waals surface area contributed by atoms with Crippen molar-refractivity contribution in [3.8, 4) is 0 Å². The summed E-state index contributed by atoms with van der Waals surface area (Å²) in [5.41, 5.74) is 7.55. The molecule has 0 bridgehead atoms. The zero-order chi connectivity index (χ0) is 13.1. The lowest BCUT2D eigenvalue weighted by molar-refractivity contribution is 0.0950. The summed E-state index contributed by atoms with van der Waals surface area (Å²) in [4.78, 5) is 16.0. The van der Waals surface area contributed by atoms with Gasteiger partial charge in [-0.05, 0) is 18.6 Å². The Labute approximate surface area is 104 Å². The maximum atomic E-state index is 12.0. The molecule has 0 spiro atoms. The molecule has 0 atom stereocenters. The predicted molar refractivity (Wildman–Crippen MR) is 65.8 cm³/mol. The van der Waals surface area contributed by atoms with Gasteiger partial charge in [-0.25, -0.2) is 0 Å². The van der Waals surface area contributed by atoms with Gasteiger partial charge < -0.3 is 15.6 Å². The lowest BCUT2D eigenvalue weighted by Crippen LogP contribution is -2.25. The van der Waals surface area contributed by atoms with Crippen LogP contribution in [0.2, 0.25) is 0 Å². The molecule has 6 heteroatoms. The number of aryl methyl sites for hydroxylation is 2. The highest BCUT2D eigenvalue weighted by molar-refractivity contribution is 6.00. The Bertz CT molecular complexity index is 557. The highest BCUT2D eigenvalue weighted by Gasteiger charge is 2.13. The van der Waals surface area contributed by atoms with Gasteiger partial charge in [-0.2, -0.15) is 4.98 Å². The average molecular weight is 246 g/mol. The summed E-state index contributed by atoms with van der Waals surface area (Å²) in [5, 5.41) is 6.40. The number of rotatable bonds is 3. The molecule has 0 unspecified atom stereocenters. The van der Waals surface area contributed by atoms with Gasteiger partial charge in [-0.3, -0.25) is 4.79 Å². The smallest absolute Gasteiger partial charge is 0.254 e. The second kappa shape index (κ2) is 4.87. The Morgan fingerprint density at radius 1 is 1.44 bits per heavy atom. The SMILES string of the molecule is Cc1nc(CNC(=O)c2c(C)cccc2N)no1. The third-order valence-corrected chi connectivity index (χ3v) is 2.51. The van der Waals surface area contributed by atoms with E-state index < -0.39 is 0 Å². The minimum Gasteiger partial charge on any atom is -0.398 e. The molecular weight excluding hydrogens is 232 g/mol. The zero-order valence-electron chi connectivity index (χ0n) is 10.2. The highest BCUT2D eigenvalue weighted by Crippen LogP contribution is 2.15. The number of carbonyl (C=O) groups is 1. The Morgan fingerprint density at radius 3 is 2.83 bits per heavy atom. The number of nitrogen functional groups attached to an aromatic ring is 1. The first kappa shape index (κ1) is 12.1. The number of nitrogens with zero attached hydrogens (tertiary/aromatic N) is 2. The number of nitrogens with one attached hydrogen (secondary N) is 1. The number of benzene rings is 1. The van der Waals surface area contributed by atoms with Crippen LogP contribution < -0.4 is 11.1 Å². The molecule has 18 heavy (non-hydrogen) atoms. The molecule has 0 saturated heterocycles. The molecule has 1 aromatic carbocycles. The van der Waals surface area contributed by atoms with Crippen LogP contribution >= 0.6 is 0 Å². The molecule has 2 rings (SSSR count). The summed E-state index contributed by atoms with van der Waals surface area (Å²) in [6, 6.07) is 5.34. The molecule has 0 aliphatic heterocycles. The van der Waals surface area contributed by atoms with Gasteiger partial charge in [0.15, 0.2) is 5.82 Å². The molecule has 2 aromatic rings. The fourth-order valence-corrected chi connectivity index (χ4v) is 1.66. The van der Waals surface area contributed by atoms with Gasteiger partial charge in [0.2, 0.25) is 5.89 Å². The van der Waals surface area contributed by atoms with Crippen molar-refractivity contribution in [2.24, 2.45) is 0 Å². The van der Waals surface area contributed by atoms with E-state index in [-0.39, 0.29) is 12.5 Å². The summed E-state index contributed by atoms with van der Waals surface area (Å²) in [6.07, 6.45) is 0. The zero-order valence-corrected chi connectivity index (χ0v) is 10.2. The maximum Gasteiger partial charge on any atom is 0.254 e. The van der Waals surface area contributed by atoms with Crippen molar-refractivity contribution in [1.29, 1.82) is 0 Å². The first-order valence-electron chi connectivity index (χ1n) is 5.50. The molecule has 1 amide bonds. The van der Waals surface area contributed by atoms with Crippen LogP contribution in [0.4, 0.5) is 5.69 Å². The molecule has 3 N–H and O–H groups in total. The minimum absolute atomic E-state index is 0.212. The Hall–Kier alpha value is -2.37. The van der Waals surface area contributed by atoms with Gasteiger partial charge in [0.1, 0.15) is 0 Å². The second-order valence-corrected chi connectivity index (χ2v) is 3.95. The molecule has 94 valence electrons. The normalized spacial score (nSPS) is 10.3. The van der Waals surface area contributed by atoms with Gasteiger partial charge in [-0.1, -0.05) is 17.3 Å². The number of hydrogen-bond donors (Lipinski definition) is 2. The van der Waals surface area contributed by atoms with Crippen molar-refractivity contribution in [3.05, 3.63) is 41.0 Å². The van der Waals surface area contributed by atoms with Crippen molar-refractivity contribution < 1.29 is 9.32 Å². The van der Waals surface area contributed by atoms with Crippen molar-refractivity contribution in [3.63, 3.8) is 0 Å². The van der Waals surface area contributed by atoms with Gasteiger partial charge >= 0.3 is 0 Å². The van der Waals surface area contributed by atoms with E-state index in [0.29, 0.717) is 23.0 Å². The lowest BCUT2D eigenvalue weighted by atomic mass is 10.1. The van der Waals surface area contributed by atoms with Crippen LogP contribution in [0.5, 0.6) is 0 Å². The van der Waals surface area contributed by atoms with Crippen LogP contribution in [0.15, 0.2) is 22.7 Å². The lowest BCUT2D eigenvalue weighted by Gasteiger charge is -2.08. The molecule has 1 aromatic heterocycles. The number of nitrogens with two attached hydrogens (primary N) is 1. The first-order valence-corrected chi connectivity index (χ1v) is 5.50. The number of anilines is 1. The van der Waals surface area contributed by atoms with E-state index in [0.717, 1.165) is 5.56 Å². The van der Waals surface area contributed by atoms with Crippen molar-refractivity contribution in [2.75, 3.05) is 5.73 Å². The summed E-state index contributed by atoms with van der Waals surface area (Å²) in [6.45, 7) is 3.74. The quantitative estimate of drug-likeness (QED) is 0.793. The van der Waals surface area contributed by atoms with E-state index in [4.69, 9.17) is 10.3 Å². The molecular formula is C12H14N4O2. The molecule has 1 heterocycles. The number of amides is 1. The summed E-state index contributed by atoms with van der Waals surface area (Å²) in [7, 11) is 0. The monoisotopic (exact) mass is 246 g/mol. The van der Waals surface area contributed by atoms with E-state index in [1.165, 1.54) is 0 Å². The molecule has 0 aliphatic rings. The summed E-state index contributed by atoms with van der Waals surface area (Å²) < 4.78 is 4.81. The van der Waals surface area contributed by atoms with E-state index in [2.05, 4.69) is 15.5 Å². The standard InChI is InChI=1S/C12H14N4O2/c1-7-4-3-5-9(13)11(7)12(17)14-6-10-15-8(2)18-16-10/h3-5H,6,13H2,1-2H3,(H,14,17). The Morgan fingerprint density at radius 2 is 2.22 bits per heavy atom. The maximum absolute atomic E-state index is 12.0. The number of carbonyl (C=O) groups excluding carboxylic acids is 1. The molecule has 0 radical (unpaired) electrons. The van der Waals surface area contributed by atoms with Crippen LogP contribution in [0, 0.1) is 13.8 Å². The predicted octanol–water partition coefficient (Wildman–Crippen LogP) is 1.20. The van der Waals surface area contributed by atoms with E-state index in [1.54, 1.807) is 13.0 Å². The van der Waals surface area contributed by atoms with Gasteiger partial charge in [0.05, 0.1) is 12.1 Å². The fraction of sp³-hybridized carbons (Fsp3) is 0.250. The van der Waals surface area contributed by atoms with Gasteiger partial charge in [-0.15, -0.1) is 0 Å². The van der Waals surface area contributed by atoms with E-state index in [9.17, 15) is 4.79 Å². The van der Waals surface area contributed by atoms with E-state index in [1.807, 2.05) is 19.1 Å². The van der Waals surface area contributed by atoms with Crippen LogP contribution in [-0.4, -0.2) is 16.0 Å². The van der Waals surface area contributed by atoms with Gasteiger partial charge in [0, 0.05) is 12.6 Å². The molecule has 0 fully saturated rings. The topological polar surface area (TPSA) is 94.0 Å². The van der Waals surface area contributed by atoms with Crippen LogP contribution in [-0.2, 0) is 6.54 Å². The third kappa shape index (κ3) is 2.48. The molecule has 6 nitrogen and oxygen atoms in total. The summed E-state index contributed by atoms with van der Waals surface area (Å²) >= 11 is 0. The van der Waals surface area contributed by atoms with Crippen molar-refractivity contribution in [2.45, 2.75) is 20.4 Å². The molecule has 0 aliphatic carbocycles. The summed E-state index contributed by atoms with van der Waals surface area (Å²) in [5.74, 6) is 0.663. The van der Waals surface area contributed by atoms with Crippen molar-refractivity contribution >= 4 is 11.6 Å². The largest absolute Gasteiger partial charge is 0.398 e. The van der Waals surface area contributed by atoms with E-state index >= 15 is 0 Å². The fourth-order valence-electron chi connectivity index (χ4n) is 1.66. The Balaban J connectivity index is 2.08.